The quantitative estimate of drug-likeness (QED) is 0.810. The van der Waals surface area contributed by atoms with Crippen LogP contribution in [0.15, 0.2) is 24.3 Å². The summed E-state index contributed by atoms with van der Waals surface area (Å²) in [7, 11) is 0. The summed E-state index contributed by atoms with van der Waals surface area (Å²) in [4.78, 5) is 14.5. The van der Waals surface area contributed by atoms with Crippen molar-refractivity contribution in [3.05, 3.63) is 35.6 Å². The molecule has 0 aliphatic carbocycles. The van der Waals surface area contributed by atoms with Crippen molar-refractivity contribution in [3.63, 3.8) is 0 Å². The molecule has 0 saturated carbocycles. The Morgan fingerprint density at radius 2 is 2.18 bits per heavy atom. The standard InChI is InChI=1S/C17H26FN3O/c1-3-10-21(16-8-9-19-11-16)12-17(22)20-13(2)14-4-6-15(18)7-5-14/h4-7,13,16,19H,3,8-12H2,1-2H3,(H,20,22). The highest BCUT2D eigenvalue weighted by atomic mass is 19.1. The topological polar surface area (TPSA) is 44.4 Å². The Bertz CT molecular complexity index is 471. The molecule has 0 spiro atoms. The maximum absolute atomic E-state index is 12.9. The fourth-order valence-electron chi connectivity index (χ4n) is 2.94. The molecule has 1 aromatic rings. The summed E-state index contributed by atoms with van der Waals surface area (Å²) in [6.45, 7) is 7.40. The highest BCUT2D eigenvalue weighted by Crippen LogP contribution is 2.13. The largest absolute Gasteiger partial charge is 0.348 e. The summed E-state index contributed by atoms with van der Waals surface area (Å²) in [6, 6.07) is 6.61. The fraction of sp³-hybridized carbons (Fsp3) is 0.588. The van der Waals surface area contributed by atoms with Gasteiger partial charge in [-0.3, -0.25) is 9.69 Å². The van der Waals surface area contributed by atoms with Gasteiger partial charge in [0.15, 0.2) is 0 Å². The van der Waals surface area contributed by atoms with Gasteiger partial charge in [-0.25, -0.2) is 4.39 Å². The molecule has 1 amide bonds. The fourth-order valence-corrected chi connectivity index (χ4v) is 2.94. The highest BCUT2D eigenvalue weighted by Gasteiger charge is 2.23. The first kappa shape index (κ1) is 16.9. The van der Waals surface area contributed by atoms with E-state index in [-0.39, 0.29) is 17.8 Å². The molecule has 2 atom stereocenters. The number of hydrogen-bond acceptors (Lipinski definition) is 3. The van der Waals surface area contributed by atoms with Crippen molar-refractivity contribution in [1.82, 2.24) is 15.5 Å². The molecule has 0 radical (unpaired) electrons. The van der Waals surface area contributed by atoms with Crippen molar-refractivity contribution in [2.45, 2.75) is 38.8 Å². The van der Waals surface area contributed by atoms with Gasteiger partial charge in [0.05, 0.1) is 12.6 Å². The zero-order valence-electron chi connectivity index (χ0n) is 13.4. The Balaban J connectivity index is 1.88. The van der Waals surface area contributed by atoms with Gasteiger partial charge in [0.1, 0.15) is 5.82 Å². The van der Waals surface area contributed by atoms with Crippen molar-refractivity contribution in [3.8, 4) is 0 Å². The number of halogens is 1. The van der Waals surface area contributed by atoms with Crippen molar-refractivity contribution >= 4 is 5.91 Å². The summed E-state index contributed by atoms with van der Waals surface area (Å²) < 4.78 is 12.9. The molecule has 0 aromatic heterocycles. The third kappa shape index (κ3) is 4.78. The lowest BCUT2D eigenvalue weighted by Crippen LogP contribution is -2.44. The molecule has 1 aliphatic heterocycles. The maximum atomic E-state index is 12.9. The van der Waals surface area contributed by atoms with Gasteiger partial charge in [-0.05, 0) is 50.6 Å². The number of carbonyl (C=O) groups excluding carboxylic acids is 1. The Kier molecular flexibility index (Phi) is 6.34. The predicted molar refractivity (Wildman–Crippen MR) is 86.1 cm³/mol. The number of nitrogens with zero attached hydrogens (tertiary/aromatic N) is 1. The Hall–Kier alpha value is -1.46. The van der Waals surface area contributed by atoms with E-state index in [1.54, 1.807) is 12.1 Å². The number of rotatable bonds is 7. The van der Waals surface area contributed by atoms with Crippen molar-refractivity contribution < 1.29 is 9.18 Å². The van der Waals surface area contributed by atoms with Gasteiger partial charge in [-0.1, -0.05) is 19.1 Å². The zero-order valence-corrected chi connectivity index (χ0v) is 13.4. The Labute approximate surface area is 132 Å². The first-order valence-corrected chi connectivity index (χ1v) is 8.09. The Morgan fingerprint density at radius 1 is 1.45 bits per heavy atom. The molecule has 2 N–H and O–H groups in total. The summed E-state index contributed by atoms with van der Waals surface area (Å²) in [6.07, 6.45) is 2.14. The van der Waals surface area contributed by atoms with Gasteiger partial charge in [0, 0.05) is 12.6 Å². The lowest BCUT2D eigenvalue weighted by Gasteiger charge is -2.28. The summed E-state index contributed by atoms with van der Waals surface area (Å²) in [5.74, 6) is -0.234. The molecule has 1 saturated heterocycles. The minimum atomic E-state index is -0.259. The first-order valence-electron chi connectivity index (χ1n) is 8.09. The van der Waals surface area contributed by atoms with Crippen molar-refractivity contribution in [1.29, 1.82) is 0 Å². The molecule has 1 heterocycles. The minimum absolute atomic E-state index is 0.0252. The van der Waals surface area contributed by atoms with Gasteiger partial charge >= 0.3 is 0 Å². The van der Waals surface area contributed by atoms with E-state index >= 15 is 0 Å². The summed E-state index contributed by atoms with van der Waals surface area (Å²) >= 11 is 0. The third-order valence-corrected chi connectivity index (χ3v) is 4.16. The van der Waals surface area contributed by atoms with Crippen LogP contribution in [0, 0.1) is 5.82 Å². The van der Waals surface area contributed by atoms with E-state index in [1.807, 2.05) is 6.92 Å². The molecule has 22 heavy (non-hydrogen) atoms. The normalized spacial score (nSPS) is 19.4. The highest BCUT2D eigenvalue weighted by molar-refractivity contribution is 5.78. The average Bonchev–Trinajstić information content (AvgIpc) is 3.01. The van der Waals surface area contributed by atoms with E-state index in [1.165, 1.54) is 12.1 Å². The molecule has 5 heteroatoms. The molecular formula is C17H26FN3O. The second-order valence-electron chi connectivity index (χ2n) is 5.96. The van der Waals surface area contributed by atoms with Crippen LogP contribution < -0.4 is 10.6 Å². The number of amides is 1. The predicted octanol–water partition coefficient (Wildman–Crippen LogP) is 2.08. The van der Waals surface area contributed by atoms with Crippen LogP contribution in [0.4, 0.5) is 4.39 Å². The van der Waals surface area contributed by atoms with Gasteiger partial charge in [0.2, 0.25) is 5.91 Å². The first-order chi connectivity index (χ1) is 10.6. The molecule has 2 unspecified atom stereocenters. The molecule has 122 valence electrons. The van der Waals surface area contributed by atoms with E-state index in [0.29, 0.717) is 12.6 Å². The van der Waals surface area contributed by atoms with Crippen molar-refractivity contribution in [2.75, 3.05) is 26.2 Å². The van der Waals surface area contributed by atoms with E-state index < -0.39 is 0 Å². The molecule has 1 fully saturated rings. The number of benzene rings is 1. The zero-order chi connectivity index (χ0) is 15.9. The maximum Gasteiger partial charge on any atom is 0.234 e. The molecular weight excluding hydrogens is 281 g/mol. The van der Waals surface area contributed by atoms with E-state index in [9.17, 15) is 9.18 Å². The van der Waals surface area contributed by atoms with Gasteiger partial charge < -0.3 is 10.6 Å². The van der Waals surface area contributed by atoms with Crippen molar-refractivity contribution in [2.24, 2.45) is 0 Å². The molecule has 2 rings (SSSR count). The minimum Gasteiger partial charge on any atom is -0.348 e. The van der Waals surface area contributed by atoms with Crippen LogP contribution in [-0.2, 0) is 4.79 Å². The second kappa shape index (κ2) is 8.25. The van der Waals surface area contributed by atoms with Crippen LogP contribution in [0.3, 0.4) is 0 Å². The molecule has 4 nitrogen and oxygen atoms in total. The van der Waals surface area contributed by atoms with Crippen LogP contribution in [0.1, 0.15) is 38.3 Å². The molecule has 1 aliphatic rings. The SMILES string of the molecule is CCCN(CC(=O)NC(C)c1ccc(F)cc1)C1CCNC1. The number of nitrogens with one attached hydrogen (secondary N) is 2. The lowest BCUT2D eigenvalue weighted by atomic mass is 10.1. The molecule has 1 aromatic carbocycles. The second-order valence-corrected chi connectivity index (χ2v) is 5.96. The summed E-state index contributed by atoms with van der Waals surface area (Å²) in [5.41, 5.74) is 0.916. The van der Waals surface area contributed by atoms with Gasteiger partial charge in [-0.2, -0.15) is 0 Å². The van der Waals surface area contributed by atoms with Crippen LogP contribution in [0.2, 0.25) is 0 Å². The average molecular weight is 307 g/mol. The number of carbonyl (C=O) groups is 1. The lowest BCUT2D eigenvalue weighted by molar-refractivity contribution is -0.123. The van der Waals surface area contributed by atoms with Gasteiger partial charge in [0.25, 0.3) is 0 Å². The monoisotopic (exact) mass is 307 g/mol. The van der Waals surface area contributed by atoms with Crippen LogP contribution >= 0.6 is 0 Å². The van der Waals surface area contributed by atoms with E-state index in [0.717, 1.165) is 38.0 Å². The van der Waals surface area contributed by atoms with Crippen LogP contribution in [0.25, 0.3) is 0 Å². The molecule has 0 bridgehead atoms. The Morgan fingerprint density at radius 3 is 2.77 bits per heavy atom. The summed E-state index contributed by atoms with van der Waals surface area (Å²) in [5, 5.41) is 6.35. The third-order valence-electron chi connectivity index (χ3n) is 4.16. The van der Waals surface area contributed by atoms with E-state index in [4.69, 9.17) is 0 Å². The van der Waals surface area contributed by atoms with E-state index in [2.05, 4.69) is 22.5 Å². The van der Waals surface area contributed by atoms with Crippen LogP contribution in [-0.4, -0.2) is 43.0 Å². The van der Waals surface area contributed by atoms with Crippen LogP contribution in [0.5, 0.6) is 0 Å². The number of hydrogen-bond donors (Lipinski definition) is 2. The smallest absolute Gasteiger partial charge is 0.234 e. The van der Waals surface area contributed by atoms with Gasteiger partial charge in [-0.15, -0.1) is 0 Å².